The molecule has 9 heteroatoms. The first-order chi connectivity index (χ1) is 12.6. The fraction of sp³-hybridized carbons (Fsp3) is 0.118. The second kappa shape index (κ2) is 8.17. The van der Waals surface area contributed by atoms with Crippen LogP contribution in [0, 0.1) is 0 Å². The zero-order valence-corrected chi connectivity index (χ0v) is 14.3. The van der Waals surface area contributed by atoms with Crippen molar-refractivity contribution in [3.8, 4) is 0 Å². The minimum Gasteiger partial charge on any atom is -0.452 e. The predicted molar refractivity (Wildman–Crippen MR) is 94.5 cm³/mol. The van der Waals surface area contributed by atoms with Crippen molar-refractivity contribution in [2.24, 2.45) is 0 Å². The molecule has 0 fully saturated rings. The summed E-state index contributed by atoms with van der Waals surface area (Å²) in [6.45, 7) is -0.252. The van der Waals surface area contributed by atoms with Gasteiger partial charge in [0.1, 0.15) is 0 Å². The molecule has 0 saturated heterocycles. The average molecular weight is 370 g/mol. The Hall–Kier alpha value is -3.33. The molecule has 26 heavy (non-hydrogen) atoms. The normalized spacial score (nSPS) is 10.3. The van der Waals surface area contributed by atoms with Crippen LogP contribution in [0.1, 0.15) is 15.2 Å². The smallest absolute Gasteiger partial charge is 0.338 e. The van der Waals surface area contributed by atoms with Gasteiger partial charge in [0.15, 0.2) is 6.61 Å². The van der Waals surface area contributed by atoms with E-state index in [1.807, 2.05) is 17.5 Å². The van der Waals surface area contributed by atoms with Crippen LogP contribution >= 0.6 is 11.3 Å². The van der Waals surface area contributed by atoms with E-state index in [-0.39, 0.29) is 5.56 Å². The Morgan fingerprint density at radius 1 is 1.08 bits per heavy atom. The largest absolute Gasteiger partial charge is 0.452 e. The highest BCUT2D eigenvalue weighted by atomic mass is 32.1. The van der Waals surface area contributed by atoms with Crippen molar-refractivity contribution in [3.05, 3.63) is 58.5 Å². The number of esters is 1. The van der Waals surface area contributed by atoms with Crippen LogP contribution in [0.15, 0.2) is 48.1 Å². The lowest BCUT2D eigenvalue weighted by Crippen LogP contribution is -2.41. The molecule has 2 heterocycles. The molecule has 3 rings (SSSR count). The number of thiophene rings is 1. The number of ether oxygens (including phenoxy) is 1. The Balaban J connectivity index is 1.47. The summed E-state index contributed by atoms with van der Waals surface area (Å²) < 4.78 is 4.91. The minimum atomic E-state index is -0.720. The number of carbonyl (C=O) groups is 3. The lowest BCUT2D eigenvalue weighted by atomic mass is 10.2. The zero-order valence-electron chi connectivity index (χ0n) is 13.5. The van der Waals surface area contributed by atoms with Crippen molar-refractivity contribution >= 4 is 40.3 Å². The number of imide groups is 1. The van der Waals surface area contributed by atoms with E-state index in [0.717, 1.165) is 4.88 Å². The summed E-state index contributed by atoms with van der Waals surface area (Å²) in [7, 11) is 0. The van der Waals surface area contributed by atoms with Crippen molar-refractivity contribution in [1.29, 1.82) is 0 Å². The highest BCUT2D eigenvalue weighted by Gasteiger charge is 2.13. The SMILES string of the molecule is O=C(COC(=O)c1ccc2nccnc2c1)NC(=O)NCc1cccs1. The van der Waals surface area contributed by atoms with E-state index < -0.39 is 24.5 Å². The molecule has 0 bridgehead atoms. The van der Waals surface area contributed by atoms with Crippen LogP contribution in [0.4, 0.5) is 4.79 Å². The quantitative estimate of drug-likeness (QED) is 0.664. The number of amides is 3. The first kappa shape index (κ1) is 17.5. The van der Waals surface area contributed by atoms with Crippen LogP contribution < -0.4 is 10.6 Å². The number of rotatable bonds is 5. The van der Waals surface area contributed by atoms with E-state index in [2.05, 4.69) is 20.6 Å². The molecule has 0 aliphatic rings. The van der Waals surface area contributed by atoms with Crippen LogP contribution in [-0.4, -0.2) is 34.5 Å². The first-order valence-electron chi connectivity index (χ1n) is 7.60. The van der Waals surface area contributed by atoms with Gasteiger partial charge in [-0.2, -0.15) is 0 Å². The number of benzene rings is 1. The summed E-state index contributed by atoms with van der Waals surface area (Å²) in [4.78, 5) is 44.5. The van der Waals surface area contributed by atoms with Crippen LogP contribution in [0.5, 0.6) is 0 Å². The van der Waals surface area contributed by atoms with E-state index in [1.165, 1.54) is 29.7 Å². The number of hydrogen-bond donors (Lipinski definition) is 2. The molecule has 2 aromatic heterocycles. The number of carbonyl (C=O) groups excluding carboxylic acids is 3. The Morgan fingerprint density at radius 2 is 1.88 bits per heavy atom. The molecule has 0 aliphatic heterocycles. The molecular weight excluding hydrogens is 356 g/mol. The van der Waals surface area contributed by atoms with Crippen LogP contribution in [-0.2, 0) is 16.1 Å². The summed E-state index contributed by atoms with van der Waals surface area (Å²) in [5.41, 5.74) is 1.43. The summed E-state index contributed by atoms with van der Waals surface area (Å²) in [6, 6.07) is 7.77. The number of aromatic nitrogens is 2. The number of nitrogens with one attached hydrogen (secondary N) is 2. The van der Waals surface area contributed by atoms with E-state index >= 15 is 0 Å². The van der Waals surface area contributed by atoms with E-state index in [1.54, 1.807) is 12.3 Å². The third-order valence-corrected chi connectivity index (χ3v) is 4.17. The standard InChI is InChI=1S/C17H14N4O4S/c22-15(21-17(24)20-9-12-2-1-7-26-12)10-25-16(23)11-3-4-13-14(8-11)19-6-5-18-13/h1-8H,9-10H2,(H2,20,21,22,24). The number of urea groups is 1. The van der Waals surface area contributed by atoms with Crippen LogP contribution in [0.3, 0.4) is 0 Å². The Morgan fingerprint density at radius 3 is 2.65 bits per heavy atom. The maximum Gasteiger partial charge on any atom is 0.338 e. The highest BCUT2D eigenvalue weighted by Crippen LogP contribution is 2.11. The third kappa shape index (κ3) is 4.61. The van der Waals surface area contributed by atoms with Gasteiger partial charge >= 0.3 is 12.0 Å². The summed E-state index contributed by atoms with van der Waals surface area (Å²) in [6.07, 6.45) is 3.06. The van der Waals surface area contributed by atoms with Crippen LogP contribution in [0.25, 0.3) is 11.0 Å². The van der Waals surface area contributed by atoms with Crippen molar-refractivity contribution in [3.63, 3.8) is 0 Å². The van der Waals surface area contributed by atoms with Crippen molar-refractivity contribution < 1.29 is 19.1 Å². The molecule has 1 aromatic carbocycles. The van der Waals surface area contributed by atoms with Crippen molar-refractivity contribution in [2.75, 3.05) is 6.61 Å². The summed E-state index contributed by atoms with van der Waals surface area (Å²) in [5.74, 6) is -1.41. The number of hydrogen-bond acceptors (Lipinski definition) is 7. The molecule has 0 aliphatic carbocycles. The fourth-order valence-corrected chi connectivity index (χ4v) is 2.74. The predicted octanol–water partition coefficient (Wildman–Crippen LogP) is 1.87. The van der Waals surface area contributed by atoms with Gasteiger partial charge in [-0.1, -0.05) is 6.07 Å². The van der Waals surface area contributed by atoms with Gasteiger partial charge in [0.05, 0.1) is 23.1 Å². The van der Waals surface area contributed by atoms with Gasteiger partial charge in [-0.15, -0.1) is 11.3 Å². The average Bonchev–Trinajstić information content (AvgIpc) is 3.17. The molecule has 3 aromatic rings. The molecule has 8 nitrogen and oxygen atoms in total. The molecule has 0 saturated carbocycles. The molecule has 0 atom stereocenters. The Bertz CT molecular complexity index is 943. The van der Waals surface area contributed by atoms with Crippen molar-refractivity contribution in [1.82, 2.24) is 20.6 Å². The Labute approximate surface area is 152 Å². The highest BCUT2D eigenvalue weighted by molar-refractivity contribution is 7.09. The monoisotopic (exact) mass is 370 g/mol. The maximum absolute atomic E-state index is 12.0. The van der Waals surface area contributed by atoms with E-state index in [0.29, 0.717) is 17.6 Å². The van der Waals surface area contributed by atoms with E-state index in [4.69, 9.17) is 4.74 Å². The second-order valence-corrected chi connectivity index (χ2v) is 6.18. The lowest BCUT2D eigenvalue weighted by molar-refractivity contribution is -0.123. The molecule has 0 spiro atoms. The van der Waals surface area contributed by atoms with Gasteiger partial charge in [-0.05, 0) is 29.6 Å². The van der Waals surface area contributed by atoms with Gasteiger partial charge in [-0.25, -0.2) is 9.59 Å². The van der Waals surface area contributed by atoms with Gasteiger partial charge < -0.3 is 10.1 Å². The summed E-state index contributed by atoms with van der Waals surface area (Å²) in [5, 5.41) is 6.52. The third-order valence-electron chi connectivity index (χ3n) is 3.30. The van der Waals surface area contributed by atoms with Gasteiger partial charge in [0.25, 0.3) is 5.91 Å². The van der Waals surface area contributed by atoms with Gasteiger partial charge in [-0.3, -0.25) is 20.1 Å². The van der Waals surface area contributed by atoms with E-state index in [9.17, 15) is 14.4 Å². The number of fused-ring (bicyclic) bond motifs is 1. The number of nitrogens with zero attached hydrogens (tertiary/aromatic N) is 2. The fourth-order valence-electron chi connectivity index (χ4n) is 2.09. The maximum atomic E-state index is 12.0. The summed E-state index contributed by atoms with van der Waals surface area (Å²) >= 11 is 1.49. The first-order valence-corrected chi connectivity index (χ1v) is 8.48. The Kier molecular flexibility index (Phi) is 5.49. The van der Waals surface area contributed by atoms with Crippen molar-refractivity contribution in [2.45, 2.75) is 6.54 Å². The molecule has 3 amide bonds. The lowest BCUT2D eigenvalue weighted by Gasteiger charge is -2.07. The molecule has 2 N–H and O–H groups in total. The van der Waals surface area contributed by atoms with Gasteiger partial charge in [0.2, 0.25) is 0 Å². The topological polar surface area (TPSA) is 110 Å². The second-order valence-electron chi connectivity index (χ2n) is 5.15. The molecule has 0 radical (unpaired) electrons. The molecule has 132 valence electrons. The minimum absolute atomic E-state index is 0.243. The zero-order chi connectivity index (χ0) is 18.4. The molecule has 0 unspecified atom stereocenters. The molecular formula is C17H14N4O4S. The van der Waals surface area contributed by atoms with Crippen LogP contribution in [0.2, 0.25) is 0 Å². The van der Waals surface area contributed by atoms with Gasteiger partial charge in [0, 0.05) is 17.3 Å².